The number of benzene rings is 2. The number of nitrogens with one attached hydrogen (secondary N) is 3. The topological polar surface area (TPSA) is 93.2 Å². The average Bonchev–Trinajstić information content (AvgIpc) is 2.81. The summed E-state index contributed by atoms with van der Waals surface area (Å²) in [6, 6.07) is 13.6. The smallest absolute Gasteiger partial charge is 0.411 e. The summed E-state index contributed by atoms with van der Waals surface area (Å²) >= 11 is 0. The standard InChI is InChI=1S/C24H34N4O4/c1-5-25-23(27-17-19-9-12-20(13-10-19)28-24(29)31-4)26-15-7-8-18-11-14-21(30-3)22(16-18)32-6-2/h9-14,16H,5-8,15,17H2,1-4H3,(H,28,29)(H2,25,26,27). The highest BCUT2D eigenvalue weighted by molar-refractivity contribution is 5.84. The maximum atomic E-state index is 11.3. The molecule has 8 nitrogen and oxygen atoms in total. The number of amides is 1. The number of methoxy groups -OCH3 is 2. The second kappa shape index (κ2) is 13.8. The number of aryl methyl sites for hydroxylation is 1. The first-order valence-electron chi connectivity index (χ1n) is 10.8. The summed E-state index contributed by atoms with van der Waals surface area (Å²) in [6.45, 7) is 6.72. The Morgan fingerprint density at radius 2 is 1.72 bits per heavy atom. The molecule has 0 atom stereocenters. The molecule has 3 N–H and O–H groups in total. The Balaban J connectivity index is 1.85. The Kier molecular flexibility index (Phi) is 10.7. The van der Waals surface area contributed by atoms with Gasteiger partial charge in [0.05, 0.1) is 27.4 Å². The van der Waals surface area contributed by atoms with Gasteiger partial charge >= 0.3 is 6.09 Å². The number of nitrogens with zero attached hydrogens (tertiary/aromatic N) is 1. The van der Waals surface area contributed by atoms with Crippen molar-refractivity contribution in [1.82, 2.24) is 10.6 Å². The molecule has 0 heterocycles. The molecule has 174 valence electrons. The minimum atomic E-state index is -0.488. The second-order valence-corrected chi connectivity index (χ2v) is 6.96. The highest BCUT2D eigenvalue weighted by Crippen LogP contribution is 2.28. The fourth-order valence-corrected chi connectivity index (χ4v) is 3.02. The molecule has 0 unspecified atom stereocenters. The highest BCUT2D eigenvalue weighted by atomic mass is 16.5. The van der Waals surface area contributed by atoms with Crippen molar-refractivity contribution < 1.29 is 19.0 Å². The Labute approximate surface area is 190 Å². The molecule has 0 saturated heterocycles. The van der Waals surface area contributed by atoms with Crippen molar-refractivity contribution in [2.75, 3.05) is 39.2 Å². The number of carbonyl (C=O) groups is 1. The number of guanidine groups is 1. The lowest BCUT2D eigenvalue weighted by atomic mass is 10.1. The molecule has 32 heavy (non-hydrogen) atoms. The highest BCUT2D eigenvalue weighted by Gasteiger charge is 2.06. The van der Waals surface area contributed by atoms with Gasteiger partial charge in [0.25, 0.3) is 0 Å². The van der Waals surface area contributed by atoms with E-state index in [1.165, 1.54) is 12.7 Å². The number of rotatable bonds is 11. The Morgan fingerprint density at radius 1 is 0.969 bits per heavy atom. The van der Waals surface area contributed by atoms with Crippen molar-refractivity contribution in [2.24, 2.45) is 4.99 Å². The molecule has 0 aliphatic rings. The van der Waals surface area contributed by atoms with E-state index in [1.54, 1.807) is 7.11 Å². The van der Waals surface area contributed by atoms with Crippen molar-refractivity contribution in [3.8, 4) is 11.5 Å². The first kappa shape index (κ1) is 24.8. The first-order valence-corrected chi connectivity index (χ1v) is 10.8. The monoisotopic (exact) mass is 442 g/mol. The minimum absolute atomic E-state index is 0.488. The number of ether oxygens (including phenoxy) is 3. The van der Waals surface area contributed by atoms with Gasteiger partial charge in [-0.15, -0.1) is 0 Å². The zero-order valence-electron chi connectivity index (χ0n) is 19.4. The van der Waals surface area contributed by atoms with Crippen LogP contribution in [-0.4, -0.2) is 46.0 Å². The molecule has 0 aromatic heterocycles. The summed E-state index contributed by atoms with van der Waals surface area (Å²) in [7, 11) is 2.99. The molecular formula is C24H34N4O4. The summed E-state index contributed by atoms with van der Waals surface area (Å²) in [5, 5.41) is 9.28. The van der Waals surface area contributed by atoms with Gasteiger partial charge in [-0.2, -0.15) is 0 Å². The van der Waals surface area contributed by atoms with Gasteiger partial charge in [0.2, 0.25) is 0 Å². The first-order chi connectivity index (χ1) is 15.6. The largest absolute Gasteiger partial charge is 0.493 e. The molecule has 1 amide bonds. The van der Waals surface area contributed by atoms with E-state index in [2.05, 4.69) is 31.7 Å². The van der Waals surface area contributed by atoms with Crippen molar-refractivity contribution in [3.63, 3.8) is 0 Å². The zero-order valence-corrected chi connectivity index (χ0v) is 19.4. The number of anilines is 1. The fraction of sp³-hybridized carbons (Fsp3) is 0.417. The van der Waals surface area contributed by atoms with Gasteiger partial charge in [-0.3, -0.25) is 5.32 Å². The van der Waals surface area contributed by atoms with Crippen LogP contribution in [0, 0.1) is 0 Å². The molecule has 0 aliphatic heterocycles. The van der Waals surface area contributed by atoms with E-state index in [0.717, 1.165) is 49.0 Å². The zero-order chi connectivity index (χ0) is 23.2. The summed E-state index contributed by atoms with van der Waals surface area (Å²) in [5.41, 5.74) is 2.93. The second-order valence-electron chi connectivity index (χ2n) is 6.96. The van der Waals surface area contributed by atoms with E-state index in [4.69, 9.17) is 9.47 Å². The molecule has 0 spiro atoms. The van der Waals surface area contributed by atoms with Gasteiger partial charge < -0.3 is 24.8 Å². The predicted octanol–water partition coefficient (Wildman–Crippen LogP) is 3.96. The Morgan fingerprint density at radius 3 is 2.38 bits per heavy atom. The van der Waals surface area contributed by atoms with Crippen LogP contribution in [0.2, 0.25) is 0 Å². The molecule has 2 rings (SSSR count). The van der Waals surface area contributed by atoms with Crippen molar-refractivity contribution in [3.05, 3.63) is 53.6 Å². The number of hydrogen-bond donors (Lipinski definition) is 3. The third-order valence-electron chi connectivity index (χ3n) is 4.61. The maximum absolute atomic E-state index is 11.3. The lowest BCUT2D eigenvalue weighted by molar-refractivity contribution is 0.187. The van der Waals surface area contributed by atoms with Crippen LogP contribution in [0.25, 0.3) is 0 Å². The molecule has 0 radical (unpaired) electrons. The van der Waals surface area contributed by atoms with Crippen LogP contribution in [0.4, 0.5) is 10.5 Å². The van der Waals surface area contributed by atoms with E-state index in [9.17, 15) is 4.79 Å². The summed E-state index contributed by atoms with van der Waals surface area (Å²) in [5.74, 6) is 2.31. The van der Waals surface area contributed by atoms with Gasteiger partial charge in [-0.05, 0) is 62.1 Å². The van der Waals surface area contributed by atoms with Gasteiger partial charge in [-0.1, -0.05) is 18.2 Å². The van der Waals surface area contributed by atoms with Crippen molar-refractivity contribution >= 4 is 17.7 Å². The van der Waals surface area contributed by atoms with Gasteiger partial charge in [-0.25, -0.2) is 9.79 Å². The molecule has 0 bridgehead atoms. The molecule has 2 aromatic carbocycles. The van der Waals surface area contributed by atoms with Gasteiger partial charge in [0.1, 0.15) is 0 Å². The number of hydrogen-bond acceptors (Lipinski definition) is 5. The van der Waals surface area contributed by atoms with E-state index < -0.39 is 6.09 Å². The molecule has 8 heteroatoms. The van der Waals surface area contributed by atoms with Crippen molar-refractivity contribution in [2.45, 2.75) is 33.2 Å². The van der Waals surface area contributed by atoms with Crippen LogP contribution in [0.15, 0.2) is 47.5 Å². The average molecular weight is 443 g/mol. The van der Waals surface area contributed by atoms with E-state index in [-0.39, 0.29) is 0 Å². The Hall–Kier alpha value is -3.42. The maximum Gasteiger partial charge on any atom is 0.411 e. The molecule has 0 saturated carbocycles. The number of carbonyl (C=O) groups excluding carboxylic acids is 1. The van der Waals surface area contributed by atoms with Crippen molar-refractivity contribution in [1.29, 1.82) is 0 Å². The lowest BCUT2D eigenvalue weighted by Gasteiger charge is -2.13. The Bertz CT molecular complexity index is 869. The van der Waals surface area contributed by atoms with Crippen LogP contribution in [0.1, 0.15) is 31.4 Å². The lowest BCUT2D eigenvalue weighted by Crippen LogP contribution is -2.37. The predicted molar refractivity (Wildman–Crippen MR) is 128 cm³/mol. The normalized spacial score (nSPS) is 10.9. The van der Waals surface area contributed by atoms with Crippen LogP contribution >= 0.6 is 0 Å². The summed E-state index contributed by atoms with van der Waals surface area (Å²) in [6.07, 6.45) is 1.39. The fourth-order valence-electron chi connectivity index (χ4n) is 3.02. The molecular weight excluding hydrogens is 408 g/mol. The molecule has 0 fully saturated rings. The van der Waals surface area contributed by atoms with Crippen LogP contribution in [-0.2, 0) is 17.7 Å². The molecule has 2 aromatic rings. The molecule has 0 aliphatic carbocycles. The van der Waals surface area contributed by atoms with E-state index in [0.29, 0.717) is 18.8 Å². The third kappa shape index (κ3) is 8.37. The summed E-state index contributed by atoms with van der Waals surface area (Å²) in [4.78, 5) is 15.9. The van der Waals surface area contributed by atoms with E-state index >= 15 is 0 Å². The quantitative estimate of drug-likeness (QED) is 0.277. The third-order valence-corrected chi connectivity index (χ3v) is 4.61. The number of aliphatic imine (C=N–C) groups is 1. The SMILES string of the molecule is CCNC(=NCc1ccc(NC(=O)OC)cc1)NCCCc1ccc(OC)c(OCC)c1. The van der Waals surface area contributed by atoms with Gasteiger partial charge in [0, 0.05) is 18.8 Å². The summed E-state index contributed by atoms with van der Waals surface area (Å²) < 4.78 is 15.6. The minimum Gasteiger partial charge on any atom is -0.493 e. The van der Waals surface area contributed by atoms with Crippen LogP contribution < -0.4 is 25.4 Å². The van der Waals surface area contributed by atoms with Crippen LogP contribution in [0.3, 0.4) is 0 Å². The van der Waals surface area contributed by atoms with Gasteiger partial charge in [0.15, 0.2) is 17.5 Å². The van der Waals surface area contributed by atoms with Crippen LogP contribution in [0.5, 0.6) is 11.5 Å². The van der Waals surface area contributed by atoms with E-state index in [1.807, 2.05) is 50.2 Å².